The standard InChI is InChI=1S/C19H25N3O/c1-3-15(2)22(14-16-7-5-4-6-8-16)18-10-9-17-13-20-11-12-23-19(17)21-18/h4-10,15,20H,3,11-14H2,1-2H3. The minimum absolute atomic E-state index is 0.421. The lowest BCUT2D eigenvalue weighted by atomic mass is 10.1. The van der Waals surface area contributed by atoms with Crippen LogP contribution in [0.15, 0.2) is 42.5 Å². The summed E-state index contributed by atoms with van der Waals surface area (Å²) in [7, 11) is 0. The zero-order valence-electron chi connectivity index (χ0n) is 14.0. The van der Waals surface area contributed by atoms with Crippen molar-refractivity contribution < 1.29 is 4.74 Å². The quantitative estimate of drug-likeness (QED) is 0.918. The number of hydrogen-bond donors (Lipinski definition) is 1. The van der Waals surface area contributed by atoms with Gasteiger partial charge in [0.1, 0.15) is 12.4 Å². The molecule has 0 radical (unpaired) electrons. The molecule has 0 amide bonds. The van der Waals surface area contributed by atoms with E-state index in [2.05, 4.69) is 66.5 Å². The van der Waals surface area contributed by atoms with Crippen LogP contribution in [0.2, 0.25) is 0 Å². The maximum atomic E-state index is 5.80. The highest BCUT2D eigenvalue weighted by atomic mass is 16.5. The average molecular weight is 311 g/mol. The molecule has 0 saturated heterocycles. The summed E-state index contributed by atoms with van der Waals surface area (Å²) in [6, 6.07) is 15.2. The van der Waals surface area contributed by atoms with Gasteiger partial charge in [-0.25, -0.2) is 0 Å². The van der Waals surface area contributed by atoms with Crippen molar-refractivity contribution in [3.63, 3.8) is 0 Å². The van der Waals surface area contributed by atoms with Crippen LogP contribution in [0.4, 0.5) is 5.82 Å². The summed E-state index contributed by atoms with van der Waals surface area (Å²) in [5.41, 5.74) is 2.43. The summed E-state index contributed by atoms with van der Waals surface area (Å²) in [5, 5.41) is 3.35. The molecule has 0 bridgehead atoms. The number of ether oxygens (including phenoxy) is 1. The minimum atomic E-state index is 0.421. The molecule has 4 heteroatoms. The number of nitrogens with one attached hydrogen (secondary N) is 1. The summed E-state index contributed by atoms with van der Waals surface area (Å²) in [5.74, 6) is 1.76. The van der Waals surface area contributed by atoms with E-state index in [4.69, 9.17) is 9.72 Å². The molecule has 2 heterocycles. The van der Waals surface area contributed by atoms with Gasteiger partial charge in [0, 0.05) is 31.2 Å². The van der Waals surface area contributed by atoms with Gasteiger partial charge in [-0.05, 0) is 31.0 Å². The van der Waals surface area contributed by atoms with Crippen LogP contribution in [-0.2, 0) is 13.1 Å². The Kier molecular flexibility index (Phi) is 5.13. The van der Waals surface area contributed by atoms with Crippen LogP contribution >= 0.6 is 0 Å². The number of pyridine rings is 1. The van der Waals surface area contributed by atoms with Gasteiger partial charge in [0.25, 0.3) is 0 Å². The van der Waals surface area contributed by atoms with Crippen molar-refractivity contribution in [3.05, 3.63) is 53.6 Å². The molecule has 23 heavy (non-hydrogen) atoms. The predicted octanol–water partition coefficient (Wildman–Crippen LogP) is 3.37. The molecule has 2 aromatic rings. The largest absolute Gasteiger partial charge is 0.476 e. The summed E-state index contributed by atoms with van der Waals surface area (Å²) < 4.78 is 5.80. The van der Waals surface area contributed by atoms with Crippen LogP contribution in [0.25, 0.3) is 0 Å². The van der Waals surface area contributed by atoms with Crippen molar-refractivity contribution in [2.45, 2.75) is 39.4 Å². The lowest BCUT2D eigenvalue weighted by Crippen LogP contribution is -2.32. The molecule has 1 atom stereocenters. The molecule has 1 aliphatic heterocycles. The second-order valence-corrected chi connectivity index (χ2v) is 6.03. The molecule has 1 aromatic carbocycles. The van der Waals surface area contributed by atoms with Crippen LogP contribution in [0.3, 0.4) is 0 Å². The zero-order valence-corrected chi connectivity index (χ0v) is 14.0. The normalized spacial score (nSPS) is 15.2. The van der Waals surface area contributed by atoms with Gasteiger partial charge in [0.15, 0.2) is 0 Å². The van der Waals surface area contributed by atoms with Crippen LogP contribution < -0.4 is 15.0 Å². The number of aromatic nitrogens is 1. The zero-order chi connectivity index (χ0) is 16.1. The molecular weight excluding hydrogens is 286 g/mol. The molecule has 0 fully saturated rings. The van der Waals surface area contributed by atoms with Crippen molar-refractivity contribution in [2.24, 2.45) is 0 Å². The topological polar surface area (TPSA) is 37.4 Å². The first-order valence-electron chi connectivity index (χ1n) is 8.42. The molecule has 0 spiro atoms. The fraction of sp³-hybridized carbons (Fsp3) is 0.421. The molecule has 1 aromatic heterocycles. The Hall–Kier alpha value is -2.07. The molecule has 3 rings (SSSR count). The molecule has 122 valence electrons. The summed E-state index contributed by atoms with van der Waals surface area (Å²) >= 11 is 0. The fourth-order valence-corrected chi connectivity index (χ4v) is 2.79. The third-order valence-corrected chi connectivity index (χ3v) is 4.37. The Morgan fingerprint density at radius 2 is 2.04 bits per heavy atom. The van der Waals surface area contributed by atoms with Crippen LogP contribution in [0, 0.1) is 0 Å². The number of nitrogens with zero attached hydrogens (tertiary/aromatic N) is 2. The third kappa shape index (κ3) is 3.82. The number of fused-ring (bicyclic) bond motifs is 1. The van der Waals surface area contributed by atoms with Gasteiger partial charge >= 0.3 is 0 Å². The van der Waals surface area contributed by atoms with Gasteiger partial charge < -0.3 is 15.0 Å². The maximum absolute atomic E-state index is 5.80. The second-order valence-electron chi connectivity index (χ2n) is 6.03. The molecule has 4 nitrogen and oxygen atoms in total. The first-order valence-corrected chi connectivity index (χ1v) is 8.42. The van der Waals surface area contributed by atoms with Crippen molar-refractivity contribution in [1.29, 1.82) is 0 Å². The summed E-state index contributed by atoms with van der Waals surface area (Å²) in [6.07, 6.45) is 1.08. The van der Waals surface area contributed by atoms with Crippen molar-refractivity contribution in [1.82, 2.24) is 10.3 Å². The molecule has 1 N–H and O–H groups in total. The highest BCUT2D eigenvalue weighted by Gasteiger charge is 2.18. The minimum Gasteiger partial charge on any atom is -0.476 e. The van der Waals surface area contributed by atoms with E-state index in [9.17, 15) is 0 Å². The van der Waals surface area contributed by atoms with Gasteiger partial charge in [-0.3, -0.25) is 0 Å². The number of hydrogen-bond acceptors (Lipinski definition) is 4. The Labute approximate surface area is 138 Å². The van der Waals surface area contributed by atoms with E-state index in [0.717, 1.165) is 43.3 Å². The molecule has 0 saturated carbocycles. The van der Waals surface area contributed by atoms with E-state index < -0.39 is 0 Å². The highest BCUT2D eigenvalue weighted by Crippen LogP contribution is 2.25. The SMILES string of the molecule is CCC(C)N(Cc1ccccc1)c1ccc2c(n1)OCCNC2. The first kappa shape index (κ1) is 15.8. The Morgan fingerprint density at radius 1 is 1.22 bits per heavy atom. The van der Waals surface area contributed by atoms with Gasteiger partial charge in [-0.15, -0.1) is 0 Å². The second kappa shape index (κ2) is 7.47. The molecule has 0 aliphatic carbocycles. The summed E-state index contributed by atoms with van der Waals surface area (Å²) in [6.45, 7) is 7.69. The fourth-order valence-electron chi connectivity index (χ4n) is 2.79. The van der Waals surface area contributed by atoms with Crippen LogP contribution in [0.1, 0.15) is 31.4 Å². The van der Waals surface area contributed by atoms with Crippen LogP contribution in [0.5, 0.6) is 5.88 Å². The van der Waals surface area contributed by atoms with Gasteiger partial charge in [-0.1, -0.05) is 37.3 Å². The van der Waals surface area contributed by atoms with E-state index in [-0.39, 0.29) is 0 Å². The molecule has 1 aliphatic rings. The van der Waals surface area contributed by atoms with Gasteiger partial charge in [-0.2, -0.15) is 4.98 Å². The van der Waals surface area contributed by atoms with E-state index >= 15 is 0 Å². The van der Waals surface area contributed by atoms with Crippen molar-refractivity contribution in [2.75, 3.05) is 18.1 Å². The third-order valence-electron chi connectivity index (χ3n) is 4.37. The number of anilines is 1. The Morgan fingerprint density at radius 3 is 2.83 bits per heavy atom. The number of benzene rings is 1. The Bertz CT molecular complexity index is 630. The van der Waals surface area contributed by atoms with Crippen molar-refractivity contribution >= 4 is 5.82 Å². The van der Waals surface area contributed by atoms with E-state index in [0.29, 0.717) is 12.6 Å². The molecule has 1 unspecified atom stereocenters. The van der Waals surface area contributed by atoms with Crippen LogP contribution in [-0.4, -0.2) is 24.2 Å². The van der Waals surface area contributed by atoms with Crippen molar-refractivity contribution in [3.8, 4) is 5.88 Å². The van der Waals surface area contributed by atoms with E-state index in [1.807, 2.05) is 0 Å². The lowest BCUT2D eigenvalue weighted by Gasteiger charge is -2.30. The lowest BCUT2D eigenvalue weighted by molar-refractivity contribution is 0.314. The van der Waals surface area contributed by atoms with Gasteiger partial charge in [0.05, 0.1) is 0 Å². The highest BCUT2D eigenvalue weighted by molar-refractivity contribution is 5.46. The maximum Gasteiger partial charge on any atom is 0.219 e. The Balaban J connectivity index is 1.89. The van der Waals surface area contributed by atoms with Gasteiger partial charge in [0.2, 0.25) is 5.88 Å². The first-order chi connectivity index (χ1) is 11.3. The smallest absolute Gasteiger partial charge is 0.219 e. The molecular formula is C19H25N3O. The monoisotopic (exact) mass is 311 g/mol. The van der Waals surface area contributed by atoms with E-state index in [1.165, 1.54) is 5.56 Å². The number of rotatable bonds is 5. The predicted molar refractivity (Wildman–Crippen MR) is 93.8 cm³/mol. The van der Waals surface area contributed by atoms with E-state index in [1.54, 1.807) is 0 Å². The summed E-state index contributed by atoms with van der Waals surface area (Å²) in [4.78, 5) is 7.16. The average Bonchev–Trinajstić information content (AvgIpc) is 2.84.